The van der Waals surface area contributed by atoms with Crippen molar-refractivity contribution >= 4 is 0 Å². The van der Waals surface area contributed by atoms with Gasteiger partial charge in [0.15, 0.2) is 5.82 Å². The molecule has 0 aliphatic carbocycles. The molecule has 0 fully saturated rings. The number of pyridine rings is 1. The lowest BCUT2D eigenvalue weighted by atomic mass is 10.1. The largest absolute Gasteiger partial charge is 0.233 e. The molecule has 0 amide bonds. The van der Waals surface area contributed by atoms with E-state index >= 15 is 0 Å². The summed E-state index contributed by atoms with van der Waals surface area (Å²) in [6.45, 7) is 10.0. The van der Waals surface area contributed by atoms with Gasteiger partial charge in [0.05, 0.1) is 11.3 Å². The number of nitriles is 1. The second-order valence-electron chi connectivity index (χ2n) is 4.81. The summed E-state index contributed by atoms with van der Waals surface area (Å²) in [5, 5.41) is 13.9. The molecule has 0 spiro atoms. The Morgan fingerprint density at radius 1 is 1.26 bits per heavy atom. The second kappa shape index (κ2) is 4.85. The average Bonchev–Trinajstić information content (AvgIpc) is 2.63. The van der Waals surface area contributed by atoms with Gasteiger partial charge in [-0.1, -0.05) is 6.92 Å². The molecule has 98 valence electrons. The van der Waals surface area contributed by atoms with Gasteiger partial charge in [0.2, 0.25) is 0 Å². The van der Waals surface area contributed by atoms with Crippen LogP contribution in [0.15, 0.2) is 6.07 Å². The minimum atomic E-state index is 0.596. The van der Waals surface area contributed by atoms with Gasteiger partial charge in [0.25, 0.3) is 0 Å². The van der Waals surface area contributed by atoms with E-state index < -0.39 is 0 Å². The van der Waals surface area contributed by atoms with Crippen LogP contribution in [0, 0.1) is 39.0 Å². The van der Waals surface area contributed by atoms with Crippen LogP contribution in [0.5, 0.6) is 0 Å². The van der Waals surface area contributed by atoms with Crippen LogP contribution in [-0.2, 0) is 6.42 Å². The molecular weight excluding hydrogens is 236 g/mol. The van der Waals surface area contributed by atoms with Crippen LogP contribution in [-0.4, -0.2) is 14.8 Å². The first-order chi connectivity index (χ1) is 8.99. The number of hydrogen-bond acceptors (Lipinski definition) is 3. The second-order valence-corrected chi connectivity index (χ2v) is 4.81. The standard InChI is InChI=1S/C15H18N4/c1-6-13-11(4)18-19(12(13)5)15-14(8-16)9(2)7-10(3)17-15/h7H,6H2,1-5H3. The van der Waals surface area contributed by atoms with Gasteiger partial charge in [-0.25, -0.2) is 9.67 Å². The highest BCUT2D eigenvalue weighted by Gasteiger charge is 2.16. The van der Waals surface area contributed by atoms with Crippen LogP contribution in [0.1, 0.15) is 40.7 Å². The Kier molecular flexibility index (Phi) is 3.39. The lowest BCUT2D eigenvalue weighted by molar-refractivity contribution is 0.795. The van der Waals surface area contributed by atoms with E-state index in [1.807, 2.05) is 33.8 Å². The Balaban J connectivity index is 2.76. The maximum atomic E-state index is 9.34. The third kappa shape index (κ3) is 2.12. The lowest BCUT2D eigenvalue weighted by Gasteiger charge is -2.09. The van der Waals surface area contributed by atoms with Crippen molar-refractivity contribution < 1.29 is 0 Å². The summed E-state index contributed by atoms with van der Waals surface area (Å²) in [6.07, 6.45) is 0.935. The highest BCUT2D eigenvalue weighted by Crippen LogP contribution is 2.21. The molecule has 2 aromatic rings. The summed E-state index contributed by atoms with van der Waals surface area (Å²) in [5.41, 5.74) is 5.73. The molecular formula is C15H18N4. The van der Waals surface area contributed by atoms with Crippen LogP contribution in [0.4, 0.5) is 0 Å². The van der Waals surface area contributed by atoms with Crippen molar-refractivity contribution in [2.45, 2.75) is 41.0 Å². The zero-order chi connectivity index (χ0) is 14.2. The van der Waals surface area contributed by atoms with Gasteiger partial charge in [0.1, 0.15) is 6.07 Å². The van der Waals surface area contributed by atoms with Crippen LogP contribution in [0.2, 0.25) is 0 Å². The van der Waals surface area contributed by atoms with Gasteiger partial charge in [-0.2, -0.15) is 10.4 Å². The van der Waals surface area contributed by atoms with Gasteiger partial charge < -0.3 is 0 Å². The molecule has 0 saturated carbocycles. The van der Waals surface area contributed by atoms with Crippen molar-refractivity contribution in [1.82, 2.24) is 14.8 Å². The summed E-state index contributed by atoms with van der Waals surface area (Å²) in [4.78, 5) is 4.50. The number of nitrogens with zero attached hydrogens (tertiary/aromatic N) is 4. The maximum absolute atomic E-state index is 9.34. The fourth-order valence-corrected chi connectivity index (χ4v) is 2.50. The number of aromatic nitrogens is 3. The molecule has 0 aliphatic rings. The van der Waals surface area contributed by atoms with E-state index in [0.29, 0.717) is 11.4 Å². The summed E-state index contributed by atoms with van der Waals surface area (Å²) in [6, 6.07) is 4.17. The minimum Gasteiger partial charge on any atom is -0.233 e. The molecule has 0 radical (unpaired) electrons. The summed E-state index contributed by atoms with van der Waals surface area (Å²) in [5.74, 6) is 0.639. The Labute approximate surface area is 113 Å². The van der Waals surface area contributed by atoms with E-state index in [0.717, 1.165) is 29.1 Å². The van der Waals surface area contributed by atoms with Crippen molar-refractivity contribution in [1.29, 1.82) is 5.26 Å². The van der Waals surface area contributed by atoms with Crippen molar-refractivity contribution in [3.05, 3.63) is 39.8 Å². The number of aryl methyl sites for hydroxylation is 3. The van der Waals surface area contributed by atoms with Gasteiger partial charge in [-0.3, -0.25) is 0 Å². The quantitative estimate of drug-likeness (QED) is 0.828. The topological polar surface area (TPSA) is 54.5 Å². The first-order valence-corrected chi connectivity index (χ1v) is 6.43. The van der Waals surface area contributed by atoms with Crippen LogP contribution < -0.4 is 0 Å². The monoisotopic (exact) mass is 254 g/mol. The minimum absolute atomic E-state index is 0.596. The third-order valence-electron chi connectivity index (χ3n) is 3.43. The Bertz CT molecular complexity index is 674. The molecule has 0 unspecified atom stereocenters. The predicted molar refractivity (Wildman–Crippen MR) is 74.4 cm³/mol. The SMILES string of the molecule is CCc1c(C)nn(-c2nc(C)cc(C)c2C#N)c1C. The molecule has 4 heteroatoms. The van der Waals surface area contributed by atoms with Crippen molar-refractivity contribution in [2.75, 3.05) is 0 Å². The Morgan fingerprint density at radius 3 is 2.47 bits per heavy atom. The fourth-order valence-electron chi connectivity index (χ4n) is 2.50. The molecule has 2 rings (SSSR count). The first kappa shape index (κ1) is 13.3. The molecule has 0 atom stereocenters. The summed E-state index contributed by atoms with van der Waals surface area (Å²) in [7, 11) is 0. The van der Waals surface area contributed by atoms with Gasteiger partial charge in [-0.15, -0.1) is 0 Å². The smallest absolute Gasteiger partial charge is 0.172 e. The number of hydrogen-bond donors (Lipinski definition) is 0. The number of rotatable bonds is 2. The molecule has 0 aliphatic heterocycles. The Hall–Kier alpha value is -2.15. The highest BCUT2D eigenvalue weighted by molar-refractivity contribution is 5.50. The summed E-state index contributed by atoms with van der Waals surface area (Å²) < 4.78 is 1.80. The molecule has 0 bridgehead atoms. The Morgan fingerprint density at radius 2 is 1.95 bits per heavy atom. The van der Waals surface area contributed by atoms with Gasteiger partial charge in [0, 0.05) is 11.4 Å². The fraction of sp³-hybridized carbons (Fsp3) is 0.400. The van der Waals surface area contributed by atoms with Crippen LogP contribution in [0.25, 0.3) is 5.82 Å². The summed E-state index contributed by atoms with van der Waals surface area (Å²) >= 11 is 0. The highest BCUT2D eigenvalue weighted by atomic mass is 15.3. The molecule has 2 aromatic heterocycles. The molecule has 19 heavy (non-hydrogen) atoms. The van der Waals surface area contributed by atoms with Crippen molar-refractivity contribution in [3.8, 4) is 11.9 Å². The molecule has 0 saturated heterocycles. The van der Waals surface area contributed by atoms with Crippen molar-refractivity contribution in [3.63, 3.8) is 0 Å². The van der Waals surface area contributed by atoms with E-state index in [4.69, 9.17) is 0 Å². The molecule has 4 nitrogen and oxygen atoms in total. The van der Waals surface area contributed by atoms with E-state index in [1.54, 1.807) is 4.68 Å². The van der Waals surface area contributed by atoms with Crippen molar-refractivity contribution in [2.24, 2.45) is 0 Å². The van der Waals surface area contributed by atoms with Crippen LogP contribution in [0.3, 0.4) is 0 Å². The first-order valence-electron chi connectivity index (χ1n) is 6.43. The lowest BCUT2D eigenvalue weighted by Crippen LogP contribution is -2.07. The van der Waals surface area contributed by atoms with Gasteiger partial charge in [-0.05, 0) is 51.3 Å². The predicted octanol–water partition coefficient (Wildman–Crippen LogP) is 2.94. The molecule has 2 heterocycles. The van der Waals surface area contributed by atoms with E-state index in [-0.39, 0.29) is 0 Å². The normalized spacial score (nSPS) is 10.5. The average molecular weight is 254 g/mol. The molecule has 0 aromatic carbocycles. The third-order valence-corrected chi connectivity index (χ3v) is 3.43. The van der Waals surface area contributed by atoms with Gasteiger partial charge >= 0.3 is 0 Å². The van der Waals surface area contributed by atoms with E-state index in [9.17, 15) is 5.26 Å². The van der Waals surface area contributed by atoms with E-state index in [2.05, 4.69) is 23.1 Å². The zero-order valence-corrected chi connectivity index (χ0v) is 12.1. The van der Waals surface area contributed by atoms with E-state index in [1.165, 1.54) is 5.56 Å². The van der Waals surface area contributed by atoms with Crippen LogP contribution >= 0.6 is 0 Å². The molecule has 0 N–H and O–H groups in total. The maximum Gasteiger partial charge on any atom is 0.172 e. The zero-order valence-electron chi connectivity index (χ0n) is 12.1.